The highest BCUT2D eigenvalue weighted by atomic mass is 15.2. The quantitative estimate of drug-likeness (QED) is 0.698. The maximum Gasteiger partial charge on any atom is 0.201 e. The zero-order valence-electron chi connectivity index (χ0n) is 11.9. The molecule has 1 unspecified atom stereocenters. The first-order valence-corrected chi connectivity index (χ1v) is 6.79. The van der Waals surface area contributed by atoms with Gasteiger partial charge in [0.05, 0.1) is 11.0 Å². The molecule has 2 aromatic rings. The maximum atomic E-state index is 5.75. The summed E-state index contributed by atoms with van der Waals surface area (Å²) in [7, 11) is 2.15. The van der Waals surface area contributed by atoms with Crippen molar-refractivity contribution in [3.05, 3.63) is 18.2 Å². The highest BCUT2D eigenvalue weighted by Crippen LogP contribution is 2.16. The number of hydrogen-bond acceptors (Lipinski definition) is 4. The van der Waals surface area contributed by atoms with Crippen LogP contribution in [0.2, 0.25) is 0 Å². The van der Waals surface area contributed by atoms with Crippen molar-refractivity contribution in [1.82, 2.24) is 14.9 Å². The average Bonchev–Trinajstić information content (AvgIpc) is 2.79. The monoisotopic (exact) mass is 261 g/mol. The van der Waals surface area contributed by atoms with Crippen LogP contribution >= 0.6 is 0 Å². The first-order valence-electron chi connectivity index (χ1n) is 6.79. The Hall–Kier alpha value is -1.75. The fourth-order valence-electron chi connectivity index (χ4n) is 1.99. The van der Waals surface area contributed by atoms with Crippen LogP contribution in [0.4, 0.5) is 11.6 Å². The van der Waals surface area contributed by atoms with Crippen LogP contribution < -0.4 is 11.1 Å². The van der Waals surface area contributed by atoms with Gasteiger partial charge in [-0.3, -0.25) is 0 Å². The molecular weight excluding hydrogens is 238 g/mol. The lowest BCUT2D eigenvalue weighted by Crippen LogP contribution is -2.32. The van der Waals surface area contributed by atoms with Crippen molar-refractivity contribution in [3.8, 4) is 0 Å². The van der Waals surface area contributed by atoms with Gasteiger partial charge in [-0.25, -0.2) is 4.98 Å². The largest absolute Gasteiger partial charge is 0.399 e. The smallest absolute Gasteiger partial charge is 0.201 e. The van der Waals surface area contributed by atoms with Crippen LogP contribution in [0.25, 0.3) is 11.0 Å². The number of aromatic amines is 1. The molecule has 0 saturated carbocycles. The van der Waals surface area contributed by atoms with E-state index in [1.807, 2.05) is 18.2 Å². The van der Waals surface area contributed by atoms with Gasteiger partial charge in [-0.1, -0.05) is 6.92 Å². The second-order valence-electron chi connectivity index (χ2n) is 5.03. The molecule has 0 aliphatic carbocycles. The molecule has 0 aliphatic heterocycles. The molecule has 0 aliphatic rings. The van der Waals surface area contributed by atoms with Gasteiger partial charge in [0, 0.05) is 24.8 Å². The van der Waals surface area contributed by atoms with Crippen molar-refractivity contribution in [1.29, 1.82) is 0 Å². The third-order valence-electron chi connectivity index (χ3n) is 3.61. The maximum absolute atomic E-state index is 5.75. The van der Waals surface area contributed by atoms with Gasteiger partial charge in [-0.15, -0.1) is 0 Å². The third kappa shape index (κ3) is 3.38. The average molecular weight is 261 g/mol. The topological polar surface area (TPSA) is 70.0 Å². The molecule has 0 fully saturated rings. The number of fused-ring (bicyclic) bond motifs is 1. The number of nitrogens with zero attached hydrogens (tertiary/aromatic N) is 2. The molecule has 19 heavy (non-hydrogen) atoms. The predicted molar refractivity (Wildman–Crippen MR) is 81.4 cm³/mol. The molecule has 0 radical (unpaired) electrons. The Kier molecular flexibility index (Phi) is 4.27. The number of benzene rings is 1. The molecule has 0 bridgehead atoms. The molecule has 4 N–H and O–H groups in total. The summed E-state index contributed by atoms with van der Waals surface area (Å²) in [5.74, 6) is 0.804. The highest BCUT2D eigenvalue weighted by molar-refractivity contribution is 5.80. The molecule has 1 atom stereocenters. The van der Waals surface area contributed by atoms with Gasteiger partial charge in [0.15, 0.2) is 0 Å². The Morgan fingerprint density at radius 2 is 2.26 bits per heavy atom. The van der Waals surface area contributed by atoms with E-state index >= 15 is 0 Å². The SMILES string of the molecule is CCC(C)N(C)CCNc1nc2ccc(N)cc2[nH]1. The van der Waals surface area contributed by atoms with Crippen LogP contribution in [-0.4, -0.2) is 41.0 Å². The van der Waals surface area contributed by atoms with Crippen LogP contribution in [0.15, 0.2) is 18.2 Å². The summed E-state index contributed by atoms with van der Waals surface area (Å²) in [6.07, 6.45) is 1.17. The molecule has 1 aromatic heterocycles. The fourth-order valence-corrected chi connectivity index (χ4v) is 1.99. The van der Waals surface area contributed by atoms with Gasteiger partial charge in [0.25, 0.3) is 0 Å². The normalized spacial score (nSPS) is 13.1. The number of rotatable bonds is 6. The Balaban J connectivity index is 1.91. The van der Waals surface area contributed by atoms with E-state index in [0.29, 0.717) is 6.04 Å². The summed E-state index contributed by atoms with van der Waals surface area (Å²) >= 11 is 0. The lowest BCUT2D eigenvalue weighted by Gasteiger charge is -2.23. The first kappa shape index (κ1) is 13.7. The number of hydrogen-bond donors (Lipinski definition) is 3. The Labute approximate surface area is 114 Å². The first-order chi connectivity index (χ1) is 9.10. The van der Waals surface area contributed by atoms with E-state index in [9.17, 15) is 0 Å². The van der Waals surface area contributed by atoms with E-state index in [-0.39, 0.29) is 0 Å². The zero-order chi connectivity index (χ0) is 13.8. The minimum absolute atomic E-state index is 0.609. The van der Waals surface area contributed by atoms with Gasteiger partial charge >= 0.3 is 0 Å². The summed E-state index contributed by atoms with van der Waals surface area (Å²) in [6.45, 7) is 6.31. The van der Waals surface area contributed by atoms with Gasteiger partial charge < -0.3 is 20.9 Å². The molecule has 0 amide bonds. The molecule has 0 spiro atoms. The molecular formula is C14H23N5. The number of likely N-dealkylation sites (N-methyl/N-ethyl adjacent to an activating group) is 1. The van der Waals surface area contributed by atoms with E-state index < -0.39 is 0 Å². The number of nitrogens with two attached hydrogens (primary N) is 1. The lowest BCUT2D eigenvalue weighted by molar-refractivity contribution is 0.261. The summed E-state index contributed by atoms with van der Waals surface area (Å²) in [6, 6.07) is 6.30. The minimum atomic E-state index is 0.609. The number of nitrogens with one attached hydrogen (secondary N) is 2. The molecule has 0 saturated heterocycles. The number of imidazole rings is 1. The number of H-pyrrole nitrogens is 1. The van der Waals surface area contributed by atoms with E-state index in [4.69, 9.17) is 5.73 Å². The van der Waals surface area contributed by atoms with E-state index in [0.717, 1.165) is 35.8 Å². The van der Waals surface area contributed by atoms with Crippen molar-refractivity contribution < 1.29 is 0 Å². The molecule has 2 rings (SSSR count). The molecule has 1 heterocycles. The third-order valence-corrected chi connectivity index (χ3v) is 3.61. The van der Waals surface area contributed by atoms with Crippen LogP contribution in [0.1, 0.15) is 20.3 Å². The molecule has 5 nitrogen and oxygen atoms in total. The van der Waals surface area contributed by atoms with Gasteiger partial charge in [-0.05, 0) is 38.6 Å². The van der Waals surface area contributed by atoms with E-state index in [2.05, 4.69) is 41.1 Å². The van der Waals surface area contributed by atoms with Gasteiger partial charge in [-0.2, -0.15) is 0 Å². The summed E-state index contributed by atoms with van der Waals surface area (Å²) in [4.78, 5) is 10.0. The van der Waals surface area contributed by atoms with Crippen molar-refractivity contribution in [2.45, 2.75) is 26.3 Å². The van der Waals surface area contributed by atoms with Crippen LogP contribution in [0.3, 0.4) is 0 Å². The highest BCUT2D eigenvalue weighted by Gasteiger charge is 2.06. The van der Waals surface area contributed by atoms with Crippen LogP contribution in [0.5, 0.6) is 0 Å². The lowest BCUT2D eigenvalue weighted by atomic mass is 10.2. The number of nitrogen functional groups attached to an aromatic ring is 1. The minimum Gasteiger partial charge on any atom is -0.399 e. The second-order valence-corrected chi connectivity index (χ2v) is 5.03. The Morgan fingerprint density at radius 1 is 1.47 bits per heavy atom. The fraction of sp³-hybridized carbons (Fsp3) is 0.500. The molecule has 1 aromatic carbocycles. The molecule has 5 heteroatoms. The Morgan fingerprint density at radius 3 is 3.00 bits per heavy atom. The predicted octanol–water partition coefficient (Wildman–Crippen LogP) is 2.29. The number of anilines is 2. The summed E-state index contributed by atoms with van der Waals surface area (Å²) in [5, 5.41) is 3.31. The number of aromatic nitrogens is 2. The zero-order valence-corrected chi connectivity index (χ0v) is 11.9. The van der Waals surface area contributed by atoms with E-state index in [1.165, 1.54) is 6.42 Å². The second kappa shape index (κ2) is 5.93. The van der Waals surface area contributed by atoms with E-state index in [1.54, 1.807) is 0 Å². The summed E-state index contributed by atoms with van der Waals surface area (Å²) < 4.78 is 0. The van der Waals surface area contributed by atoms with Crippen LogP contribution in [0, 0.1) is 0 Å². The van der Waals surface area contributed by atoms with Crippen molar-refractivity contribution in [2.75, 3.05) is 31.2 Å². The van der Waals surface area contributed by atoms with Crippen molar-refractivity contribution >= 4 is 22.7 Å². The van der Waals surface area contributed by atoms with Gasteiger partial charge in [0.2, 0.25) is 5.95 Å². The standard InChI is InChI=1S/C14H23N5/c1-4-10(2)19(3)8-7-16-14-17-12-6-5-11(15)9-13(12)18-14/h5-6,9-10H,4,7-8,15H2,1-3H3,(H2,16,17,18). The van der Waals surface area contributed by atoms with Crippen molar-refractivity contribution in [2.24, 2.45) is 0 Å². The molecule has 104 valence electrons. The summed E-state index contributed by atoms with van der Waals surface area (Å²) in [5.41, 5.74) is 8.40. The Bertz CT molecular complexity index is 534. The van der Waals surface area contributed by atoms with Gasteiger partial charge in [0.1, 0.15) is 0 Å². The van der Waals surface area contributed by atoms with Crippen LogP contribution in [-0.2, 0) is 0 Å². The van der Waals surface area contributed by atoms with Crippen molar-refractivity contribution in [3.63, 3.8) is 0 Å².